The van der Waals surface area contributed by atoms with Crippen LogP contribution >= 0.6 is 0 Å². The van der Waals surface area contributed by atoms with E-state index < -0.39 is 11.5 Å². The number of alkyl halides is 2. The molecule has 0 amide bonds. The van der Waals surface area contributed by atoms with Gasteiger partial charge in [-0.15, -0.1) is 0 Å². The Morgan fingerprint density at radius 1 is 1.53 bits per heavy atom. The van der Waals surface area contributed by atoms with Crippen LogP contribution in [0.15, 0.2) is 18.2 Å². The predicted octanol–water partition coefficient (Wildman–Crippen LogP) is 2.23. The molecule has 7 heteroatoms. The van der Waals surface area contributed by atoms with E-state index in [9.17, 15) is 18.9 Å². The van der Waals surface area contributed by atoms with Crippen molar-refractivity contribution in [3.05, 3.63) is 33.9 Å². The van der Waals surface area contributed by atoms with Gasteiger partial charge in [0.05, 0.1) is 4.92 Å². The molecule has 5 nitrogen and oxygen atoms in total. The van der Waals surface area contributed by atoms with Gasteiger partial charge in [-0.25, -0.2) is 0 Å². The van der Waals surface area contributed by atoms with Crippen LogP contribution in [0.5, 0.6) is 0 Å². The van der Waals surface area contributed by atoms with Crippen molar-refractivity contribution < 1.29 is 13.7 Å². The van der Waals surface area contributed by atoms with E-state index in [1.807, 2.05) is 0 Å². The number of anilines is 1. The lowest BCUT2D eigenvalue weighted by atomic mass is 10.1. The molecule has 0 atom stereocenters. The van der Waals surface area contributed by atoms with Gasteiger partial charge in [0.15, 0.2) is 0 Å². The minimum absolute atomic E-state index is 0.00870. The van der Waals surface area contributed by atoms with Crippen molar-refractivity contribution in [3.8, 4) is 0 Å². The average molecular weight is 215 g/mol. The molecule has 15 heavy (non-hydrogen) atoms. The normalized spacial score (nSPS) is 10.1. The monoisotopic (exact) mass is 215 g/mol. The van der Waals surface area contributed by atoms with Gasteiger partial charge in [-0.1, -0.05) is 0 Å². The fourth-order valence-electron chi connectivity index (χ4n) is 1.03. The molecule has 0 unspecified atom stereocenters. The van der Waals surface area contributed by atoms with E-state index in [2.05, 4.69) is 0 Å². The van der Waals surface area contributed by atoms with Gasteiger partial charge in [0.2, 0.25) is 0 Å². The Kier molecular flexibility index (Phi) is 3.27. The van der Waals surface area contributed by atoms with E-state index in [0.29, 0.717) is 0 Å². The maximum Gasteiger partial charge on any atom is 0.312 e. The highest BCUT2D eigenvalue weighted by atomic mass is 19.3. The third kappa shape index (κ3) is 2.70. The maximum atomic E-state index is 12.0. The van der Waals surface area contributed by atoms with Crippen LogP contribution in [0, 0.1) is 15.5 Å². The fraction of sp³-hybridized carbons (Fsp3) is 0.125. The molecule has 0 saturated heterocycles. The van der Waals surface area contributed by atoms with Gasteiger partial charge < -0.3 is 10.7 Å². The second-order valence-corrected chi connectivity index (χ2v) is 2.62. The molecule has 80 valence electrons. The van der Waals surface area contributed by atoms with E-state index in [1.54, 1.807) is 5.32 Å². The highest BCUT2D eigenvalue weighted by Gasteiger charge is 2.11. The summed E-state index contributed by atoms with van der Waals surface area (Å²) in [5.74, 6) is 0. The van der Waals surface area contributed by atoms with Gasteiger partial charge in [0.25, 0.3) is 5.69 Å². The first-order valence-corrected chi connectivity index (χ1v) is 3.88. The van der Waals surface area contributed by atoms with Crippen LogP contribution < -0.4 is 5.32 Å². The Morgan fingerprint density at radius 2 is 2.20 bits per heavy atom. The molecule has 0 bridgehead atoms. The Balaban J connectivity index is 3.09. The van der Waals surface area contributed by atoms with Gasteiger partial charge in [-0.3, -0.25) is 10.1 Å². The van der Waals surface area contributed by atoms with Crippen molar-refractivity contribution >= 4 is 17.6 Å². The molecule has 0 aliphatic carbocycles. The molecule has 0 fully saturated rings. The SMILES string of the molecule is N=Cc1cc([N+](=O)[O-])ccc1NC(F)F. The largest absolute Gasteiger partial charge is 0.329 e. The first kappa shape index (κ1) is 11.0. The van der Waals surface area contributed by atoms with Crippen molar-refractivity contribution in [3.63, 3.8) is 0 Å². The number of hydrogen-bond acceptors (Lipinski definition) is 4. The number of nitro benzene ring substituents is 1. The van der Waals surface area contributed by atoms with Crippen molar-refractivity contribution in [1.82, 2.24) is 0 Å². The van der Waals surface area contributed by atoms with Gasteiger partial charge in [0.1, 0.15) is 0 Å². The number of nitrogens with one attached hydrogen (secondary N) is 2. The standard InChI is InChI=1S/C8H7F2N3O2/c9-8(10)12-7-2-1-6(13(14)15)3-5(7)4-11/h1-4,8,11-12H. The summed E-state index contributed by atoms with van der Waals surface area (Å²) in [5.41, 5.74) is -0.205. The molecule has 0 radical (unpaired) electrons. The summed E-state index contributed by atoms with van der Waals surface area (Å²) in [5, 5.41) is 19.1. The quantitative estimate of drug-likeness (QED) is 0.350. The molecule has 0 aliphatic rings. The summed E-state index contributed by atoms with van der Waals surface area (Å²) < 4.78 is 24.0. The maximum absolute atomic E-state index is 12.0. The number of halogens is 2. The second kappa shape index (κ2) is 4.45. The van der Waals surface area contributed by atoms with Crippen LogP contribution in [0.3, 0.4) is 0 Å². The van der Waals surface area contributed by atoms with Gasteiger partial charge in [-0.05, 0) is 6.07 Å². The number of rotatable bonds is 4. The summed E-state index contributed by atoms with van der Waals surface area (Å²) >= 11 is 0. The van der Waals surface area contributed by atoms with Crippen molar-refractivity contribution in [1.29, 1.82) is 5.41 Å². The number of nitro groups is 1. The smallest absolute Gasteiger partial charge is 0.312 e. The summed E-state index contributed by atoms with van der Waals surface area (Å²) in [6.07, 6.45) is 0.776. The summed E-state index contributed by atoms with van der Waals surface area (Å²) in [6, 6.07) is 3.29. The summed E-state index contributed by atoms with van der Waals surface area (Å²) in [6.45, 7) is -2.77. The first-order valence-electron chi connectivity index (χ1n) is 3.88. The van der Waals surface area contributed by atoms with E-state index in [-0.39, 0.29) is 16.9 Å². The van der Waals surface area contributed by atoms with Gasteiger partial charge >= 0.3 is 6.55 Å². The highest BCUT2D eigenvalue weighted by Crippen LogP contribution is 2.21. The molecular formula is C8H7F2N3O2. The molecule has 2 N–H and O–H groups in total. The Bertz CT molecular complexity index is 395. The third-order valence-electron chi connectivity index (χ3n) is 1.67. The lowest BCUT2D eigenvalue weighted by molar-refractivity contribution is -0.384. The van der Waals surface area contributed by atoms with E-state index >= 15 is 0 Å². The van der Waals surface area contributed by atoms with E-state index in [0.717, 1.165) is 24.4 Å². The summed E-state index contributed by atoms with van der Waals surface area (Å²) in [4.78, 5) is 9.71. The molecule has 0 heterocycles. The Morgan fingerprint density at radius 3 is 2.67 bits per heavy atom. The number of non-ortho nitro benzene ring substituents is 1. The highest BCUT2D eigenvalue weighted by molar-refractivity contribution is 5.86. The predicted molar refractivity (Wildman–Crippen MR) is 50.6 cm³/mol. The van der Waals surface area contributed by atoms with Gasteiger partial charge in [-0.2, -0.15) is 8.78 Å². The summed E-state index contributed by atoms with van der Waals surface area (Å²) in [7, 11) is 0. The van der Waals surface area contributed by atoms with Crippen LogP contribution in [0.25, 0.3) is 0 Å². The first-order chi connectivity index (χ1) is 7.04. The van der Waals surface area contributed by atoms with E-state index in [1.165, 1.54) is 0 Å². The lowest BCUT2D eigenvalue weighted by Crippen LogP contribution is -2.08. The van der Waals surface area contributed by atoms with Crippen LogP contribution in [-0.4, -0.2) is 17.7 Å². The Hall–Kier alpha value is -2.05. The second-order valence-electron chi connectivity index (χ2n) is 2.62. The third-order valence-corrected chi connectivity index (χ3v) is 1.67. The lowest BCUT2D eigenvalue weighted by Gasteiger charge is -2.07. The molecule has 0 aromatic heterocycles. The molecule has 1 aromatic rings. The number of nitrogens with zero attached hydrogens (tertiary/aromatic N) is 1. The zero-order valence-electron chi connectivity index (χ0n) is 7.41. The molecule has 1 aromatic carbocycles. The van der Waals surface area contributed by atoms with Gasteiger partial charge in [0, 0.05) is 29.6 Å². The van der Waals surface area contributed by atoms with Crippen LogP contribution in [0.4, 0.5) is 20.2 Å². The van der Waals surface area contributed by atoms with E-state index in [4.69, 9.17) is 5.41 Å². The minimum atomic E-state index is -2.77. The minimum Gasteiger partial charge on any atom is -0.329 e. The van der Waals surface area contributed by atoms with Crippen molar-refractivity contribution in [2.45, 2.75) is 6.55 Å². The van der Waals surface area contributed by atoms with Crippen molar-refractivity contribution in [2.75, 3.05) is 5.32 Å². The Labute approximate surface area is 83.4 Å². The molecule has 0 saturated carbocycles. The van der Waals surface area contributed by atoms with Crippen molar-refractivity contribution in [2.24, 2.45) is 0 Å². The zero-order chi connectivity index (χ0) is 11.4. The zero-order valence-corrected chi connectivity index (χ0v) is 7.41. The molecule has 0 aliphatic heterocycles. The fourth-order valence-corrected chi connectivity index (χ4v) is 1.03. The molecule has 1 rings (SSSR count). The van der Waals surface area contributed by atoms with Crippen LogP contribution in [-0.2, 0) is 0 Å². The average Bonchev–Trinajstić information content (AvgIpc) is 2.17. The molecular weight excluding hydrogens is 208 g/mol. The van der Waals surface area contributed by atoms with Crippen LogP contribution in [0.2, 0.25) is 0 Å². The number of hydrogen-bond donors (Lipinski definition) is 2. The topological polar surface area (TPSA) is 79.0 Å². The van der Waals surface area contributed by atoms with Crippen LogP contribution in [0.1, 0.15) is 5.56 Å². The molecule has 0 spiro atoms. The number of benzene rings is 1.